The van der Waals surface area contributed by atoms with Crippen LogP contribution >= 0.6 is 0 Å². The van der Waals surface area contributed by atoms with Gasteiger partial charge in [-0.1, -0.05) is 26.5 Å². The normalized spacial score (nSPS) is 27.9. The number of ether oxygens (including phenoxy) is 3. The third-order valence-corrected chi connectivity index (χ3v) is 5.50. The highest BCUT2D eigenvalue weighted by Gasteiger charge is 2.49. The smallest absolute Gasteiger partial charge is 0.334 e. The average Bonchev–Trinajstić information content (AvgIpc) is 2.99. The van der Waals surface area contributed by atoms with Crippen molar-refractivity contribution < 1.29 is 38.8 Å². The zero-order valence-electron chi connectivity index (χ0n) is 17.6. The molecular formula is C22H30O8. The molecule has 1 heterocycles. The van der Waals surface area contributed by atoms with Crippen LogP contribution in [0.5, 0.6) is 0 Å². The molecule has 0 bridgehead atoms. The highest BCUT2D eigenvalue weighted by atomic mass is 16.6. The van der Waals surface area contributed by atoms with E-state index in [1.807, 2.05) is 6.92 Å². The fourth-order valence-corrected chi connectivity index (χ4v) is 3.56. The molecule has 2 rings (SSSR count). The summed E-state index contributed by atoms with van der Waals surface area (Å²) in [5, 5.41) is 19.6. The number of hydrogen-bond donors (Lipinski definition) is 2. The number of carbonyl (C=O) groups excluding carboxylic acids is 3. The van der Waals surface area contributed by atoms with Crippen LogP contribution in [-0.4, -0.2) is 59.6 Å². The molecule has 0 spiro atoms. The molecule has 0 aromatic rings. The second-order valence-corrected chi connectivity index (χ2v) is 7.62. The van der Waals surface area contributed by atoms with Crippen molar-refractivity contribution in [3.05, 3.63) is 35.5 Å². The third-order valence-electron chi connectivity index (χ3n) is 5.50. The molecular weight excluding hydrogens is 392 g/mol. The Kier molecular flexibility index (Phi) is 8.37. The van der Waals surface area contributed by atoms with E-state index < -0.39 is 54.7 Å². The fourth-order valence-electron chi connectivity index (χ4n) is 3.56. The molecule has 2 aliphatic rings. The quantitative estimate of drug-likeness (QED) is 0.287. The van der Waals surface area contributed by atoms with Crippen LogP contribution in [0.2, 0.25) is 0 Å². The maximum absolute atomic E-state index is 12.7. The lowest BCUT2D eigenvalue weighted by atomic mass is 9.83. The number of carbonyl (C=O) groups is 3. The predicted octanol–water partition coefficient (Wildman–Crippen LogP) is 1.60. The summed E-state index contributed by atoms with van der Waals surface area (Å²) in [5.41, 5.74) is 1.06. The molecule has 1 saturated heterocycles. The number of aliphatic hydroxyl groups is 2. The Hall–Kier alpha value is -2.45. The zero-order valence-corrected chi connectivity index (χ0v) is 17.6. The van der Waals surface area contributed by atoms with Crippen LogP contribution < -0.4 is 0 Å². The number of aliphatic hydroxyl groups excluding tert-OH is 2. The van der Waals surface area contributed by atoms with Gasteiger partial charge >= 0.3 is 17.9 Å². The molecule has 0 saturated carbocycles. The van der Waals surface area contributed by atoms with Crippen molar-refractivity contribution in [1.29, 1.82) is 0 Å². The first kappa shape index (κ1) is 23.8. The Labute approximate surface area is 176 Å². The molecule has 5 unspecified atom stereocenters. The zero-order chi connectivity index (χ0) is 22.4. The van der Waals surface area contributed by atoms with Gasteiger partial charge in [0.05, 0.1) is 25.0 Å². The van der Waals surface area contributed by atoms with Gasteiger partial charge in [-0.25, -0.2) is 4.79 Å². The van der Waals surface area contributed by atoms with E-state index in [0.717, 1.165) is 0 Å². The molecule has 5 atom stereocenters. The number of hydrogen-bond acceptors (Lipinski definition) is 8. The first-order valence-electron chi connectivity index (χ1n) is 10.1. The van der Waals surface area contributed by atoms with E-state index in [9.17, 15) is 24.6 Å². The van der Waals surface area contributed by atoms with E-state index in [1.54, 1.807) is 19.1 Å². The molecule has 1 aliphatic heterocycles. The largest absolute Gasteiger partial charge is 0.457 e. The van der Waals surface area contributed by atoms with Crippen LogP contribution in [0.4, 0.5) is 0 Å². The summed E-state index contributed by atoms with van der Waals surface area (Å²) in [5.74, 6) is -3.07. The maximum Gasteiger partial charge on any atom is 0.334 e. The van der Waals surface area contributed by atoms with Crippen LogP contribution in [0, 0.1) is 11.8 Å². The van der Waals surface area contributed by atoms with E-state index >= 15 is 0 Å². The highest BCUT2D eigenvalue weighted by molar-refractivity contribution is 5.91. The molecule has 1 fully saturated rings. The predicted molar refractivity (Wildman–Crippen MR) is 107 cm³/mol. The second kappa shape index (κ2) is 10.5. The average molecular weight is 422 g/mol. The van der Waals surface area contributed by atoms with Crippen molar-refractivity contribution in [2.24, 2.45) is 11.8 Å². The van der Waals surface area contributed by atoms with Crippen molar-refractivity contribution in [3.8, 4) is 0 Å². The molecule has 0 amide bonds. The number of rotatable bonds is 6. The third kappa shape index (κ3) is 5.37. The number of allylic oxidation sites excluding steroid dienone is 1. The lowest BCUT2D eigenvalue weighted by molar-refractivity contribution is -0.171. The van der Waals surface area contributed by atoms with Gasteiger partial charge in [-0.15, -0.1) is 0 Å². The summed E-state index contributed by atoms with van der Waals surface area (Å²) in [6.45, 7) is 7.89. The number of fused-ring (bicyclic) bond motifs is 1. The molecule has 2 N–H and O–H groups in total. The van der Waals surface area contributed by atoms with Gasteiger partial charge in [-0.05, 0) is 36.5 Å². The van der Waals surface area contributed by atoms with Gasteiger partial charge in [0.15, 0.2) is 12.2 Å². The summed E-state index contributed by atoms with van der Waals surface area (Å²) in [4.78, 5) is 36.8. The van der Waals surface area contributed by atoms with Gasteiger partial charge < -0.3 is 24.4 Å². The summed E-state index contributed by atoms with van der Waals surface area (Å²) in [6, 6.07) is 0. The molecule has 1 aliphatic carbocycles. The minimum absolute atomic E-state index is 0.0745. The standard InChI is InChI=1S/C22H30O8/c1-5-12(2)21(26)30-20-18-13(3)22(27)29-17(18)9-15(10-23)7-6-8-16(11-24)19(20)28-14(4)25/h8-9,12,17-20,23-24H,3,5-7,10-11H2,1-2,4H3. The monoisotopic (exact) mass is 422 g/mol. The van der Waals surface area contributed by atoms with E-state index in [4.69, 9.17) is 14.2 Å². The highest BCUT2D eigenvalue weighted by Crippen LogP contribution is 2.37. The summed E-state index contributed by atoms with van der Waals surface area (Å²) >= 11 is 0. The first-order chi connectivity index (χ1) is 14.2. The van der Waals surface area contributed by atoms with Gasteiger partial charge in [0, 0.05) is 12.5 Å². The Bertz CT molecular complexity index is 750. The SMILES string of the molecule is C=C1C(=O)OC2C=C(CO)CCC=C(CO)C(OC(C)=O)C(OC(=O)C(C)CC)C12. The van der Waals surface area contributed by atoms with Crippen LogP contribution in [0.15, 0.2) is 35.5 Å². The first-order valence-corrected chi connectivity index (χ1v) is 10.1. The van der Waals surface area contributed by atoms with Crippen molar-refractivity contribution >= 4 is 17.9 Å². The molecule has 0 aromatic heterocycles. The van der Waals surface area contributed by atoms with E-state index in [2.05, 4.69) is 6.58 Å². The Balaban J connectivity index is 2.61. The summed E-state index contributed by atoms with van der Waals surface area (Å²) in [6.07, 6.45) is 1.67. The summed E-state index contributed by atoms with van der Waals surface area (Å²) in [7, 11) is 0. The maximum atomic E-state index is 12.7. The van der Waals surface area contributed by atoms with Gasteiger partial charge in [-0.2, -0.15) is 0 Å². The van der Waals surface area contributed by atoms with E-state index in [-0.39, 0.29) is 12.2 Å². The minimum Gasteiger partial charge on any atom is -0.457 e. The number of esters is 3. The van der Waals surface area contributed by atoms with Crippen LogP contribution in [0.1, 0.15) is 40.0 Å². The summed E-state index contributed by atoms with van der Waals surface area (Å²) < 4.78 is 16.7. The van der Waals surface area contributed by atoms with Crippen molar-refractivity contribution in [3.63, 3.8) is 0 Å². The van der Waals surface area contributed by atoms with Gasteiger partial charge in [0.1, 0.15) is 6.10 Å². The molecule has 0 aromatic carbocycles. The van der Waals surface area contributed by atoms with Crippen molar-refractivity contribution in [2.45, 2.75) is 58.3 Å². The van der Waals surface area contributed by atoms with Gasteiger partial charge in [0.2, 0.25) is 0 Å². The van der Waals surface area contributed by atoms with Crippen molar-refractivity contribution in [2.75, 3.05) is 13.2 Å². The molecule has 30 heavy (non-hydrogen) atoms. The minimum atomic E-state index is -1.13. The topological polar surface area (TPSA) is 119 Å². The van der Waals surface area contributed by atoms with E-state index in [1.165, 1.54) is 6.92 Å². The molecule has 8 nitrogen and oxygen atoms in total. The van der Waals surface area contributed by atoms with E-state index in [0.29, 0.717) is 30.4 Å². The van der Waals surface area contributed by atoms with Gasteiger partial charge in [0.25, 0.3) is 0 Å². The Morgan fingerprint density at radius 2 is 2.00 bits per heavy atom. The van der Waals surface area contributed by atoms with Crippen molar-refractivity contribution in [1.82, 2.24) is 0 Å². The lowest BCUT2D eigenvalue weighted by Crippen LogP contribution is -2.46. The Morgan fingerprint density at radius 1 is 1.30 bits per heavy atom. The molecule has 0 radical (unpaired) electrons. The lowest BCUT2D eigenvalue weighted by Gasteiger charge is -2.34. The van der Waals surface area contributed by atoms with Crippen LogP contribution in [0.3, 0.4) is 0 Å². The second-order valence-electron chi connectivity index (χ2n) is 7.62. The molecule has 8 heteroatoms. The molecule has 166 valence electrons. The Morgan fingerprint density at radius 3 is 2.57 bits per heavy atom. The van der Waals surface area contributed by atoms with Gasteiger partial charge in [-0.3, -0.25) is 9.59 Å². The fraction of sp³-hybridized carbons (Fsp3) is 0.591. The van der Waals surface area contributed by atoms with Crippen LogP contribution in [-0.2, 0) is 28.6 Å². The van der Waals surface area contributed by atoms with Crippen LogP contribution in [0.25, 0.3) is 0 Å².